The lowest BCUT2D eigenvalue weighted by Crippen LogP contribution is -2.21. The van der Waals surface area contributed by atoms with Crippen LogP contribution in [0.2, 0.25) is 5.02 Å². The Morgan fingerprint density at radius 1 is 1.04 bits per heavy atom. The molecule has 3 aromatic rings. The van der Waals surface area contributed by atoms with Crippen molar-refractivity contribution in [3.63, 3.8) is 0 Å². The van der Waals surface area contributed by atoms with Gasteiger partial charge in [0.1, 0.15) is 17.4 Å². The fourth-order valence-corrected chi connectivity index (χ4v) is 3.04. The van der Waals surface area contributed by atoms with Crippen molar-refractivity contribution in [2.45, 2.75) is 13.5 Å². The van der Waals surface area contributed by atoms with Gasteiger partial charge < -0.3 is 9.67 Å². The molecule has 0 fully saturated rings. The smallest absolute Gasteiger partial charge is 0.251 e. The molecule has 0 unspecified atom stereocenters. The molecule has 0 aliphatic heterocycles. The first-order valence-corrected chi connectivity index (χ1v) is 7.99. The van der Waals surface area contributed by atoms with Crippen molar-refractivity contribution in [2.24, 2.45) is 0 Å². The van der Waals surface area contributed by atoms with Crippen LogP contribution >= 0.6 is 11.6 Å². The Morgan fingerprint density at radius 3 is 2.36 bits per heavy atom. The first kappa shape index (κ1) is 17.2. The van der Waals surface area contributed by atoms with Gasteiger partial charge in [-0.1, -0.05) is 17.7 Å². The van der Waals surface area contributed by atoms with E-state index in [1.807, 2.05) is 0 Å². The van der Waals surface area contributed by atoms with E-state index in [1.165, 1.54) is 41.0 Å². The van der Waals surface area contributed by atoms with E-state index < -0.39 is 11.6 Å². The standard InChI is InChI=1S/C19H14ClF2NO2/c1-2-23-17(25)9-7-12(13-10-11(24)6-8-14(13)20)19(23)18-15(21)4-3-5-16(18)22/h3-10,24H,2H2,1H3. The highest BCUT2D eigenvalue weighted by molar-refractivity contribution is 6.33. The highest BCUT2D eigenvalue weighted by Gasteiger charge is 2.21. The van der Waals surface area contributed by atoms with Gasteiger partial charge in [0.05, 0.1) is 11.3 Å². The van der Waals surface area contributed by atoms with E-state index in [2.05, 4.69) is 0 Å². The Hall–Kier alpha value is -2.66. The fraction of sp³-hybridized carbons (Fsp3) is 0.105. The molecule has 2 aromatic carbocycles. The molecule has 128 valence electrons. The van der Waals surface area contributed by atoms with E-state index in [0.29, 0.717) is 11.1 Å². The number of aromatic hydroxyl groups is 1. The van der Waals surface area contributed by atoms with Gasteiger partial charge in [0, 0.05) is 28.8 Å². The van der Waals surface area contributed by atoms with E-state index in [1.54, 1.807) is 6.92 Å². The second-order valence-corrected chi connectivity index (χ2v) is 5.85. The van der Waals surface area contributed by atoms with Crippen molar-refractivity contribution < 1.29 is 13.9 Å². The summed E-state index contributed by atoms with van der Waals surface area (Å²) in [5, 5.41) is 10.1. The Morgan fingerprint density at radius 2 is 1.72 bits per heavy atom. The molecule has 1 aromatic heterocycles. The molecule has 1 heterocycles. The van der Waals surface area contributed by atoms with Gasteiger partial charge in [-0.05, 0) is 43.3 Å². The van der Waals surface area contributed by atoms with E-state index in [9.17, 15) is 18.7 Å². The number of pyridine rings is 1. The number of hydrogen-bond acceptors (Lipinski definition) is 2. The summed E-state index contributed by atoms with van der Waals surface area (Å²) in [6.07, 6.45) is 0. The molecular weight excluding hydrogens is 348 g/mol. The third kappa shape index (κ3) is 3.03. The van der Waals surface area contributed by atoms with Crippen LogP contribution in [-0.2, 0) is 6.54 Å². The maximum Gasteiger partial charge on any atom is 0.251 e. The highest BCUT2D eigenvalue weighted by Crippen LogP contribution is 2.38. The minimum Gasteiger partial charge on any atom is -0.508 e. The van der Waals surface area contributed by atoms with Crippen molar-refractivity contribution >= 4 is 11.6 Å². The van der Waals surface area contributed by atoms with Crippen LogP contribution in [0.1, 0.15) is 6.92 Å². The molecule has 0 saturated carbocycles. The van der Waals surface area contributed by atoms with Crippen LogP contribution in [0, 0.1) is 11.6 Å². The van der Waals surface area contributed by atoms with Gasteiger partial charge in [0.2, 0.25) is 0 Å². The summed E-state index contributed by atoms with van der Waals surface area (Å²) < 4.78 is 30.1. The Kier molecular flexibility index (Phi) is 4.59. The van der Waals surface area contributed by atoms with Gasteiger partial charge in [-0.3, -0.25) is 4.79 Å². The van der Waals surface area contributed by atoms with Crippen molar-refractivity contribution in [3.05, 3.63) is 75.5 Å². The van der Waals surface area contributed by atoms with Crippen LogP contribution in [0.3, 0.4) is 0 Å². The average Bonchev–Trinajstić information content (AvgIpc) is 2.57. The summed E-state index contributed by atoms with van der Waals surface area (Å²) in [4.78, 5) is 12.2. The second-order valence-electron chi connectivity index (χ2n) is 5.44. The minimum absolute atomic E-state index is 0.0476. The molecule has 0 bridgehead atoms. The molecule has 0 saturated heterocycles. The Balaban J connectivity index is 2.47. The minimum atomic E-state index is -0.787. The molecule has 0 spiro atoms. The molecular formula is C19H14ClF2NO2. The average molecular weight is 362 g/mol. The van der Waals surface area contributed by atoms with Gasteiger partial charge in [-0.15, -0.1) is 0 Å². The zero-order valence-corrected chi connectivity index (χ0v) is 14.0. The van der Waals surface area contributed by atoms with Crippen LogP contribution in [0.5, 0.6) is 5.75 Å². The lowest BCUT2D eigenvalue weighted by Gasteiger charge is -2.18. The van der Waals surface area contributed by atoms with E-state index >= 15 is 0 Å². The number of rotatable bonds is 3. The van der Waals surface area contributed by atoms with Gasteiger partial charge in [0.15, 0.2) is 0 Å². The second kappa shape index (κ2) is 6.69. The van der Waals surface area contributed by atoms with Crippen molar-refractivity contribution in [3.8, 4) is 28.1 Å². The summed E-state index contributed by atoms with van der Waals surface area (Å²) in [5.74, 6) is -1.62. The number of benzene rings is 2. The van der Waals surface area contributed by atoms with E-state index in [4.69, 9.17) is 11.6 Å². The lowest BCUT2D eigenvalue weighted by molar-refractivity contribution is 0.475. The molecule has 0 amide bonds. The summed E-state index contributed by atoms with van der Waals surface area (Å²) in [6.45, 7) is 1.92. The van der Waals surface area contributed by atoms with Crippen LogP contribution in [0.15, 0.2) is 53.3 Å². The summed E-state index contributed by atoms with van der Waals surface area (Å²) >= 11 is 6.22. The molecule has 0 aliphatic rings. The van der Waals surface area contributed by atoms with Gasteiger partial charge in [0.25, 0.3) is 5.56 Å². The van der Waals surface area contributed by atoms with Crippen LogP contribution in [-0.4, -0.2) is 9.67 Å². The zero-order valence-electron chi connectivity index (χ0n) is 13.3. The number of phenolic OH excluding ortho intramolecular Hbond substituents is 1. The Bertz CT molecular complexity index is 995. The summed E-state index contributed by atoms with van der Waals surface area (Å²) in [6, 6.07) is 10.6. The third-order valence-electron chi connectivity index (χ3n) is 3.94. The number of nitrogens with zero attached hydrogens (tertiary/aromatic N) is 1. The topological polar surface area (TPSA) is 42.2 Å². The maximum atomic E-state index is 14.4. The quantitative estimate of drug-likeness (QED) is 0.725. The highest BCUT2D eigenvalue weighted by atomic mass is 35.5. The normalized spacial score (nSPS) is 10.9. The maximum absolute atomic E-state index is 14.4. The predicted molar refractivity (Wildman–Crippen MR) is 93.8 cm³/mol. The fourth-order valence-electron chi connectivity index (χ4n) is 2.82. The molecule has 3 rings (SSSR count). The van der Waals surface area contributed by atoms with Crippen LogP contribution in [0.25, 0.3) is 22.4 Å². The Labute approximate surface area is 147 Å². The van der Waals surface area contributed by atoms with E-state index in [-0.39, 0.29) is 34.1 Å². The molecule has 25 heavy (non-hydrogen) atoms. The van der Waals surface area contributed by atoms with Gasteiger partial charge in [-0.2, -0.15) is 0 Å². The van der Waals surface area contributed by atoms with Crippen LogP contribution < -0.4 is 5.56 Å². The monoisotopic (exact) mass is 361 g/mol. The molecule has 1 N–H and O–H groups in total. The molecule has 0 aliphatic carbocycles. The van der Waals surface area contributed by atoms with Crippen LogP contribution in [0.4, 0.5) is 8.78 Å². The van der Waals surface area contributed by atoms with Gasteiger partial charge >= 0.3 is 0 Å². The third-order valence-corrected chi connectivity index (χ3v) is 4.27. The number of halogens is 3. The number of hydrogen-bond donors (Lipinski definition) is 1. The molecule has 0 atom stereocenters. The number of phenols is 1. The van der Waals surface area contributed by atoms with Crippen molar-refractivity contribution in [1.29, 1.82) is 0 Å². The molecule has 6 heteroatoms. The first-order valence-electron chi connectivity index (χ1n) is 7.61. The predicted octanol–water partition coefficient (Wildman–Crippen LogP) is 4.84. The molecule has 3 nitrogen and oxygen atoms in total. The van der Waals surface area contributed by atoms with Crippen molar-refractivity contribution in [1.82, 2.24) is 4.57 Å². The summed E-state index contributed by atoms with van der Waals surface area (Å²) in [5.41, 5.74) is 0.114. The summed E-state index contributed by atoms with van der Waals surface area (Å²) in [7, 11) is 0. The van der Waals surface area contributed by atoms with Crippen molar-refractivity contribution in [2.75, 3.05) is 0 Å². The zero-order chi connectivity index (χ0) is 18.1. The lowest BCUT2D eigenvalue weighted by atomic mass is 9.97. The molecule has 0 radical (unpaired) electrons. The van der Waals surface area contributed by atoms with E-state index in [0.717, 1.165) is 12.1 Å². The first-order chi connectivity index (χ1) is 11.9. The van der Waals surface area contributed by atoms with Gasteiger partial charge in [-0.25, -0.2) is 8.78 Å². The SMILES string of the molecule is CCn1c(-c2c(F)cccc2F)c(-c2cc(O)ccc2Cl)ccc1=O. The largest absolute Gasteiger partial charge is 0.508 e. The number of aromatic nitrogens is 1.